The fourth-order valence-electron chi connectivity index (χ4n) is 3.18. The van der Waals surface area contributed by atoms with Gasteiger partial charge in [0.05, 0.1) is 0 Å². The molecule has 3 heteroatoms. The van der Waals surface area contributed by atoms with E-state index in [1.807, 2.05) is 13.8 Å². The van der Waals surface area contributed by atoms with Crippen molar-refractivity contribution in [3.8, 4) is 0 Å². The van der Waals surface area contributed by atoms with Gasteiger partial charge in [0.1, 0.15) is 0 Å². The summed E-state index contributed by atoms with van der Waals surface area (Å²) in [5, 5.41) is 3.42. The quantitative estimate of drug-likeness (QED) is 0.822. The van der Waals surface area contributed by atoms with Gasteiger partial charge in [-0.15, -0.1) is 0 Å². The molecule has 126 valence electrons. The number of hydrogen-bond acceptors (Lipinski definition) is 3. The minimum atomic E-state index is 0.472. The average molecular weight is 298 g/mol. The molecular weight excluding hydrogens is 258 g/mol. The second-order valence-electron chi connectivity index (χ2n) is 6.87. The van der Waals surface area contributed by atoms with Crippen molar-refractivity contribution >= 4 is 0 Å². The molecular formula is C18H39N3. The summed E-state index contributed by atoms with van der Waals surface area (Å²) >= 11 is 0. The molecule has 0 aromatic heterocycles. The van der Waals surface area contributed by atoms with Crippen molar-refractivity contribution in [2.45, 2.75) is 71.8 Å². The Hall–Kier alpha value is -0.120. The van der Waals surface area contributed by atoms with E-state index in [1.165, 1.54) is 77.7 Å². The summed E-state index contributed by atoms with van der Waals surface area (Å²) in [6.07, 6.45) is 9.59. The molecule has 3 aliphatic rings. The van der Waals surface area contributed by atoms with Crippen LogP contribution in [0.1, 0.15) is 65.7 Å². The Balaban J connectivity index is 0.000000263. The molecule has 0 radical (unpaired) electrons. The van der Waals surface area contributed by atoms with Crippen LogP contribution in [0, 0.1) is 11.8 Å². The van der Waals surface area contributed by atoms with Crippen LogP contribution in [0.15, 0.2) is 0 Å². The topological polar surface area (TPSA) is 41.3 Å². The number of hydrogen-bond donors (Lipinski definition) is 2. The minimum Gasteiger partial charge on any atom is -0.328 e. The predicted octanol–water partition coefficient (Wildman–Crippen LogP) is 3.24. The van der Waals surface area contributed by atoms with Gasteiger partial charge in [0, 0.05) is 12.6 Å². The van der Waals surface area contributed by atoms with Gasteiger partial charge in [-0.3, -0.25) is 0 Å². The van der Waals surface area contributed by atoms with E-state index in [4.69, 9.17) is 5.73 Å². The van der Waals surface area contributed by atoms with Crippen LogP contribution in [0.5, 0.6) is 0 Å². The largest absolute Gasteiger partial charge is 0.328 e. The molecule has 0 aromatic carbocycles. The first kappa shape index (κ1) is 18.9. The van der Waals surface area contributed by atoms with Gasteiger partial charge < -0.3 is 16.0 Å². The van der Waals surface area contributed by atoms with Crippen molar-refractivity contribution in [1.29, 1.82) is 0 Å². The normalized spacial score (nSPS) is 25.1. The third kappa shape index (κ3) is 8.18. The van der Waals surface area contributed by atoms with Crippen LogP contribution in [0.4, 0.5) is 0 Å². The Morgan fingerprint density at radius 1 is 0.952 bits per heavy atom. The Morgan fingerprint density at radius 2 is 1.48 bits per heavy atom. The smallest absolute Gasteiger partial charge is 0.00631 e. The Bertz CT molecular complexity index is 227. The predicted molar refractivity (Wildman–Crippen MR) is 93.6 cm³/mol. The van der Waals surface area contributed by atoms with Crippen molar-refractivity contribution < 1.29 is 0 Å². The summed E-state index contributed by atoms with van der Waals surface area (Å²) in [5.41, 5.74) is 5.89. The molecule has 0 amide bonds. The molecule has 3 N–H and O–H groups in total. The summed E-state index contributed by atoms with van der Waals surface area (Å²) in [6.45, 7) is 12.5. The van der Waals surface area contributed by atoms with Gasteiger partial charge in [-0.05, 0) is 63.7 Å². The van der Waals surface area contributed by atoms with E-state index < -0.39 is 0 Å². The maximum absolute atomic E-state index is 5.89. The van der Waals surface area contributed by atoms with Crippen LogP contribution >= 0.6 is 0 Å². The summed E-state index contributed by atoms with van der Waals surface area (Å²) in [5.74, 6) is 2.00. The van der Waals surface area contributed by atoms with Crippen LogP contribution in [-0.2, 0) is 0 Å². The molecule has 0 bridgehead atoms. The van der Waals surface area contributed by atoms with Crippen molar-refractivity contribution in [2.75, 3.05) is 32.7 Å². The first-order valence-electron chi connectivity index (χ1n) is 9.42. The Kier molecular flexibility index (Phi) is 10.3. The molecule has 3 rings (SSSR count). The highest BCUT2D eigenvalue weighted by Crippen LogP contribution is 2.24. The molecule has 21 heavy (non-hydrogen) atoms. The van der Waals surface area contributed by atoms with E-state index in [0.29, 0.717) is 6.04 Å². The van der Waals surface area contributed by atoms with E-state index in [-0.39, 0.29) is 0 Å². The molecule has 3 fully saturated rings. The zero-order valence-corrected chi connectivity index (χ0v) is 14.7. The van der Waals surface area contributed by atoms with E-state index in [1.54, 1.807) is 0 Å². The average Bonchev–Trinajstić information content (AvgIpc) is 2.51. The molecule has 3 nitrogen and oxygen atoms in total. The molecule has 0 unspecified atom stereocenters. The minimum absolute atomic E-state index is 0.472. The summed E-state index contributed by atoms with van der Waals surface area (Å²) < 4.78 is 0. The standard InChI is InChI=1S/C11H23N3.C5H10.C2H6/c12-11-3-7-14(8-4-11)9-10-1-5-13-6-2-10;1-5-3-2-4-5;1-2/h10-11,13H,1-9,12H2;5H,2-4H2,1H3;1-2H3. The first-order chi connectivity index (χ1) is 10.2. The van der Waals surface area contributed by atoms with Crippen LogP contribution < -0.4 is 11.1 Å². The maximum atomic E-state index is 5.89. The lowest BCUT2D eigenvalue weighted by atomic mass is 9.88. The van der Waals surface area contributed by atoms with E-state index in [2.05, 4.69) is 17.1 Å². The molecule has 0 spiro atoms. The SMILES string of the molecule is CC.CC1CCC1.NC1CCN(CC2CCNCC2)CC1. The van der Waals surface area contributed by atoms with Crippen LogP contribution in [0.3, 0.4) is 0 Å². The first-order valence-corrected chi connectivity index (χ1v) is 9.42. The van der Waals surface area contributed by atoms with Gasteiger partial charge in [-0.1, -0.05) is 40.0 Å². The number of nitrogens with one attached hydrogen (secondary N) is 1. The summed E-state index contributed by atoms with van der Waals surface area (Å²) in [6, 6.07) is 0.472. The Morgan fingerprint density at radius 3 is 1.90 bits per heavy atom. The lowest BCUT2D eigenvalue weighted by molar-refractivity contribution is 0.168. The number of rotatable bonds is 2. The van der Waals surface area contributed by atoms with E-state index in [9.17, 15) is 0 Å². The monoisotopic (exact) mass is 297 g/mol. The van der Waals surface area contributed by atoms with Crippen LogP contribution in [-0.4, -0.2) is 43.7 Å². The number of nitrogens with zero attached hydrogens (tertiary/aromatic N) is 1. The third-order valence-electron chi connectivity index (χ3n) is 5.00. The van der Waals surface area contributed by atoms with Gasteiger partial charge in [0.15, 0.2) is 0 Å². The summed E-state index contributed by atoms with van der Waals surface area (Å²) in [7, 11) is 0. The number of piperidine rings is 2. The van der Waals surface area contributed by atoms with Gasteiger partial charge in [-0.25, -0.2) is 0 Å². The molecule has 0 atom stereocenters. The fourth-order valence-corrected chi connectivity index (χ4v) is 3.18. The van der Waals surface area contributed by atoms with Gasteiger partial charge >= 0.3 is 0 Å². The van der Waals surface area contributed by atoms with Gasteiger partial charge in [0.25, 0.3) is 0 Å². The maximum Gasteiger partial charge on any atom is 0.00631 e. The van der Waals surface area contributed by atoms with Crippen molar-refractivity contribution in [3.05, 3.63) is 0 Å². The fraction of sp³-hybridized carbons (Fsp3) is 1.00. The lowest BCUT2D eigenvalue weighted by Crippen LogP contribution is -2.43. The summed E-state index contributed by atoms with van der Waals surface area (Å²) in [4.78, 5) is 2.61. The molecule has 2 heterocycles. The highest BCUT2D eigenvalue weighted by atomic mass is 15.1. The van der Waals surface area contributed by atoms with E-state index >= 15 is 0 Å². The highest BCUT2D eigenvalue weighted by Gasteiger charge is 2.20. The highest BCUT2D eigenvalue weighted by molar-refractivity contribution is 4.78. The molecule has 1 saturated carbocycles. The zero-order chi connectivity index (χ0) is 15.5. The lowest BCUT2D eigenvalue weighted by Gasteiger charge is -2.34. The zero-order valence-electron chi connectivity index (χ0n) is 14.7. The van der Waals surface area contributed by atoms with Crippen molar-refractivity contribution in [2.24, 2.45) is 17.6 Å². The number of likely N-dealkylation sites (tertiary alicyclic amines) is 1. The number of nitrogens with two attached hydrogens (primary N) is 1. The van der Waals surface area contributed by atoms with Crippen LogP contribution in [0.25, 0.3) is 0 Å². The second kappa shape index (κ2) is 11.4. The van der Waals surface area contributed by atoms with Crippen molar-refractivity contribution in [1.82, 2.24) is 10.2 Å². The molecule has 2 aliphatic heterocycles. The Labute approximate surface area is 133 Å². The van der Waals surface area contributed by atoms with E-state index in [0.717, 1.165) is 11.8 Å². The van der Waals surface area contributed by atoms with Crippen LogP contribution in [0.2, 0.25) is 0 Å². The molecule has 0 aromatic rings. The van der Waals surface area contributed by atoms with Gasteiger partial charge in [-0.2, -0.15) is 0 Å². The molecule has 1 aliphatic carbocycles. The second-order valence-corrected chi connectivity index (χ2v) is 6.87. The van der Waals surface area contributed by atoms with Crippen molar-refractivity contribution in [3.63, 3.8) is 0 Å². The third-order valence-corrected chi connectivity index (χ3v) is 5.00. The molecule has 2 saturated heterocycles. The van der Waals surface area contributed by atoms with Gasteiger partial charge in [0.2, 0.25) is 0 Å².